The zero-order chi connectivity index (χ0) is 18.6. The number of nitrogen functional groups attached to an aromatic ring is 1. The Kier molecular flexibility index (Phi) is 3.58. The van der Waals surface area contributed by atoms with E-state index in [0.29, 0.717) is 33.5 Å². The third-order valence-electron chi connectivity index (χ3n) is 4.78. The summed E-state index contributed by atoms with van der Waals surface area (Å²) in [4.78, 5) is 0. The summed E-state index contributed by atoms with van der Waals surface area (Å²) in [5, 5.41) is 1.43. The van der Waals surface area contributed by atoms with Crippen LogP contribution in [0, 0.1) is 25.5 Å². The molecule has 2 nitrogen and oxygen atoms in total. The van der Waals surface area contributed by atoms with Crippen LogP contribution in [0.1, 0.15) is 22.3 Å². The topological polar surface area (TPSA) is 35.2 Å². The maximum Gasteiger partial charge on any atom is 0.137 e. The van der Waals surface area contributed by atoms with Crippen molar-refractivity contribution < 1.29 is 13.5 Å². The van der Waals surface area contributed by atoms with Crippen LogP contribution >= 0.6 is 0 Å². The average Bonchev–Trinajstić information content (AvgIpc) is 2.57. The van der Waals surface area contributed by atoms with Crippen molar-refractivity contribution in [2.45, 2.75) is 13.8 Å². The Labute approximate surface area is 149 Å². The summed E-state index contributed by atoms with van der Waals surface area (Å²) in [6.45, 7) is 7.74. The fraction of sp³-hybridized carbons (Fsp3) is 0.0909. The first-order valence-electron chi connectivity index (χ1n) is 8.23. The summed E-state index contributed by atoms with van der Waals surface area (Å²) in [5.74, 6) is -0.259. The lowest BCUT2D eigenvalue weighted by atomic mass is 9.90. The van der Waals surface area contributed by atoms with Crippen LogP contribution in [0.4, 0.5) is 14.5 Å². The van der Waals surface area contributed by atoms with E-state index in [0.717, 1.165) is 16.3 Å². The van der Waals surface area contributed by atoms with Crippen LogP contribution in [0.15, 0.2) is 42.5 Å². The molecule has 3 aromatic carbocycles. The first kappa shape index (κ1) is 16.3. The zero-order valence-corrected chi connectivity index (χ0v) is 14.5. The van der Waals surface area contributed by atoms with Crippen LogP contribution in [-0.2, 0) is 0 Å². The maximum atomic E-state index is 14.6. The third kappa shape index (κ3) is 2.37. The van der Waals surface area contributed by atoms with Gasteiger partial charge < -0.3 is 10.5 Å². The van der Waals surface area contributed by atoms with Gasteiger partial charge >= 0.3 is 0 Å². The van der Waals surface area contributed by atoms with E-state index in [1.807, 2.05) is 26.0 Å². The van der Waals surface area contributed by atoms with Crippen LogP contribution in [0.25, 0.3) is 12.2 Å². The quantitative estimate of drug-likeness (QED) is 0.529. The van der Waals surface area contributed by atoms with Crippen LogP contribution in [0.3, 0.4) is 0 Å². The summed E-state index contributed by atoms with van der Waals surface area (Å²) in [6.07, 6.45) is 0. The molecule has 1 heterocycles. The molecule has 0 saturated heterocycles. The van der Waals surface area contributed by atoms with E-state index in [1.54, 1.807) is 12.1 Å². The van der Waals surface area contributed by atoms with Crippen LogP contribution in [0.2, 0.25) is 0 Å². The molecule has 0 saturated carbocycles. The van der Waals surface area contributed by atoms with Gasteiger partial charge in [-0.05, 0) is 60.5 Å². The van der Waals surface area contributed by atoms with Crippen molar-refractivity contribution in [3.05, 3.63) is 86.8 Å². The van der Waals surface area contributed by atoms with Crippen LogP contribution < -0.4 is 20.9 Å². The number of nitrogens with two attached hydrogens (primary N) is 1. The maximum absolute atomic E-state index is 14.6. The second kappa shape index (κ2) is 5.70. The number of benzene rings is 3. The minimum atomic E-state index is -0.621. The molecule has 1 aliphatic heterocycles. The van der Waals surface area contributed by atoms with E-state index in [4.69, 9.17) is 10.5 Å². The summed E-state index contributed by atoms with van der Waals surface area (Å²) in [6, 6.07) is 11.0. The van der Waals surface area contributed by atoms with Gasteiger partial charge in [-0.2, -0.15) is 0 Å². The Hall–Kier alpha value is -3.14. The minimum Gasteiger partial charge on any atom is -0.456 e. The van der Waals surface area contributed by atoms with Crippen molar-refractivity contribution in [2.75, 3.05) is 5.73 Å². The van der Waals surface area contributed by atoms with Crippen molar-refractivity contribution in [1.29, 1.82) is 0 Å². The first-order chi connectivity index (χ1) is 12.4. The molecule has 0 atom stereocenters. The largest absolute Gasteiger partial charge is 0.456 e. The van der Waals surface area contributed by atoms with Gasteiger partial charge in [0.15, 0.2) is 0 Å². The third-order valence-corrected chi connectivity index (χ3v) is 4.78. The van der Waals surface area contributed by atoms with E-state index >= 15 is 0 Å². The highest BCUT2D eigenvalue weighted by atomic mass is 19.1. The fourth-order valence-corrected chi connectivity index (χ4v) is 3.26. The molecule has 0 aliphatic carbocycles. The molecule has 130 valence electrons. The molecule has 2 N–H and O–H groups in total. The molecule has 0 spiro atoms. The van der Waals surface area contributed by atoms with E-state index in [9.17, 15) is 8.78 Å². The molecule has 0 amide bonds. The predicted octanol–water partition coefficient (Wildman–Crippen LogP) is 3.93. The van der Waals surface area contributed by atoms with Gasteiger partial charge in [0.25, 0.3) is 0 Å². The van der Waals surface area contributed by atoms with E-state index in [1.165, 1.54) is 18.2 Å². The van der Waals surface area contributed by atoms with Gasteiger partial charge in [-0.25, -0.2) is 8.78 Å². The lowest BCUT2D eigenvalue weighted by Gasteiger charge is -2.23. The fourth-order valence-electron chi connectivity index (χ4n) is 3.26. The van der Waals surface area contributed by atoms with Gasteiger partial charge in [-0.3, -0.25) is 0 Å². The van der Waals surface area contributed by atoms with Crippen molar-refractivity contribution in [3.8, 4) is 11.5 Å². The lowest BCUT2D eigenvalue weighted by Crippen LogP contribution is -2.22. The van der Waals surface area contributed by atoms with Gasteiger partial charge in [0, 0.05) is 28.1 Å². The number of hydrogen-bond acceptors (Lipinski definition) is 2. The Morgan fingerprint density at radius 1 is 0.923 bits per heavy atom. The monoisotopic (exact) mass is 349 g/mol. The number of hydrogen-bond donors (Lipinski definition) is 1. The number of fused-ring (bicyclic) bond motifs is 2. The summed E-state index contributed by atoms with van der Waals surface area (Å²) in [7, 11) is 0. The highest BCUT2D eigenvalue weighted by Gasteiger charge is 2.25. The van der Waals surface area contributed by atoms with Crippen molar-refractivity contribution in [3.63, 3.8) is 0 Å². The normalized spacial score (nSPS) is 12.4. The molecule has 4 rings (SSSR count). The molecule has 0 aromatic heterocycles. The number of rotatable bonds is 1. The molecular formula is C22H17F2NO. The van der Waals surface area contributed by atoms with Crippen molar-refractivity contribution in [2.24, 2.45) is 0 Å². The van der Waals surface area contributed by atoms with Gasteiger partial charge in [0.05, 0.1) is 5.56 Å². The number of halogens is 2. The number of aryl methyl sites for hydroxylation is 2. The second-order valence-corrected chi connectivity index (χ2v) is 6.55. The van der Waals surface area contributed by atoms with E-state index in [-0.39, 0.29) is 5.56 Å². The highest BCUT2D eigenvalue weighted by molar-refractivity contribution is 5.87. The lowest BCUT2D eigenvalue weighted by molar-refractivity contribution is 0.471. The van der Waals surface area contributed by atoms with Crippen LogP contribution in [-0.4, -0.2) is 0 Å². The minimum absolute atomic E-state index is 0.0707. The van der Waals surface area contributed by atoms with E-state index in [2.05, 4.69) is 6.58 Å². The van der Waals surface area contributed by atoms with E-state index < -0.39 is 11.6 Å². The summed E-state index contributed by atoms with van der Waals surface area (Å²) >= 11 is 0. The average molecular weight is 349 g/mol. The van der Waals surface area contributed by atoms with Gasteiger partial charge in [0.1, 0.15) is 23.1 Å². The smallest absolute Gasteiger partial charge is 0.137 e. The standard InChI is InChI=1S/C22H17F2NO/c1-11-7-14-19(9-12(11)2)26-20-10-18(25)13(3)8-15(20)21(14)22-16(23)5-4-6-17(22)24/h4-10H,2,25H2,1,3H3. The van der Waals surface area contributed by atoms with Crippen LogP contribution in [0.5, 0.6) is 11.5 Å². The Balaban J connectivity index is 2.23. The van der Waals surface area contributed by atoms with Gasteiger partial charge in [-0.1, -0.05) is 12.6 Å². The molecule has 1 aliphatic rings. The zero-order valence-electron chi connectivity index (χ0n) is 14.5. The second-order valence-electron chi connectivity index (χ2n) is 6.55. The van der Waals surface area contributed by atoms with Crippen molar-refractivity contribution >= 4 is 17.8 Å². The van der Waals surface area contributed by atoms with Gasteiger partial charge in [-0.15, -0.1) is 0 Å². The Bertz CT molecular complexity index is 1160. The SMILES string of the molecule is C=c1cc2c(cc1C)=C(c1c(F)cccc1F)c1cc(C)c(N)cc1O2. The molecule has 4 heteroatoms. The molecule has 26 heavy (non-hydrogen) atoms. The molecule has 0 unspecified atom stereocenters. The molecule has 0 radical (unpaired) electrons. The van der Waals surface area contributed by atoms with Gasteiger partial charge in [0.2, 0.25) is 0 Å². The summed E-state index contributed by atoms with van der Waals surface area (Å²) < 4.78 is 35.3. The molecule has 3 aromatic rings. The van der Waals surface area contributed by atoms with Crippen molar-refractivity contribution in [1.82, 2.24) is 0 Å². The molecule has 0 bridgehead atoms. The summed E-state index contributed by atoms with van der Waals surface area (Å²) in [5.41, 5.74) is 9.31. The molecule has 0 fully saturated rings. The highest BCUT2D eigenvalue weighted by Crippen LogP contribution is 2.39. The first-order valence-corrected chi connectivity index (χ1v) is 8.23. The molecular weight excluding hydrogens is 332 g/mol. The Morgan fingerprint density at radius 2 is 1.62 bits per heavy atom. The number of ether oxygens (including phenoxy) is 1. The predicted molar refractivity (Wildman–Crippen MR) is 99.6 cm³/mol. The Morgan fingerprint density at radius 3 is 2.31 bits per heavy atom. The number of anilines is 1.